The number of aliphatic hydroxyl groups excluding tert-OH is 1. The van der Waals surface area contributed by atoms with Crippen LogP contribution in [0.5, 0.6) is 11.5 Å². The molecule has 0 heterocycles. The van der Waals surface area contributed by atoms with Crippen molar-refractivity contribution in [2.24, 2.45) is 0 Å². The van der Waals surface area contributed by atoms with Crippen LogP contribution in [0.3, 0.4) is 0 Å². The van der Waals surface area contributed by atoms with E-state index in [1.165, 1.54) is 14.2 Å². The fraction of sp³-hybridized carbons (Fsp3) is 0.417. The number of hydrogen-bond donors (Lipinski definition) is 2. The van der Waals surface area contributed by atoms with E-state index in [-0.39, 0.29) is 18.6 Å². The van der Waals surface area contributed by atoms with Crippen LogP contribution in [0.1, 0.15) is 17.3 Å². The molecule has 5 heteroatoms. The van der Waals surface area contributed by atoms with Gasteiger partial charge in [0.05, 0.1) is 20.8 Å². The number of aliphatic hydroxyl groups is 1. The number of methoxy groups -OCH3 is 2. The van der Waals surface area contributed by atoms with Gasteiger partial charge < -0.3 is 19.9 Å². The Bertz CT molecular complexity index is 370. The first-order valence-corrected chi connectivity index (χ1v) is 5.25. The van der Waals surface area contributed by atoms with Crippen LogP contribution in [0.2, 0.25) is 0 Å². The molecule has 0 fully saturated rings. The van der Waals surface area contributed by atoms with Crippen molar-refractivity contribution in [3.05, 3.63) is 23.8 Å². The van der Waals surface area contributed by atoms with Gasteiger partial charge in [0.2, 0.25) is 0 Å². The molecule has 0 saturated carbocycles. The molecule has 94 valence electrons. The van der Waals surface area contributed by atoms with Crippen LogP contribution in [0.25, 0.3) is 0 Å². The maximum absolute atomic E-state index is 11.8. The average Bonchev–Trinajstić information content (AvgIpc) is 2.37. The summed E-state index contributed by atoms with van der Waals surface area (Å²) in [6, 6.07) is 4.62. The number of rotatable bonds is 5. The van der Waals surface area contributed by atoms with Crippen molar-refractivity contribution in [2.75, 3.05) is 20.8 Å². The minimum atomic E-state index is -0.292. The SMILES string of the molecule is COc1cc(OC)cc(C(=O)N[C@@H](C)CO)c1. The molecule has 1 aromatic rings. The summed E-state index contributed by atoms with van der Waals surface area (Å²) in [6.45, 7) is 1.61. The first-order valence-electron chi connectivity index (χ1n) is 5.25. The summed E-state index contributed by atoms with van der Waals surface area (Å²) >= 11 is 0. The van der Waals surface area contributed by atoms with Gasteiger partial charge in [-0.1, -0.05) is 0 Å². The summed E-state index contributed by atoms with van der Waals surface area (Å²) in [5, 5.41) is 11.5. The van der Waals surface area contributed by atoms with Gasteiger partial charge >= 0.3 is 0 Å². The van der Waals surface area contributed by atoms with E-state index in [4.69, 9.17) is 14.6 Å². The molecule has 1 rings (SSSR count). The molecule has 1 atom stereocenters. The Morgan fingerprint density at radius 1 is 1.29 bits per heavy atom. The zero-order valence-electron chi connectivity index (χ0n) is 10.2. The highest BCUT2D eigenvalue weighted by molar-refractivity contribution is 5.95. The van der Waals surface area contributed by atoms with Crippen LogP contribution in [-0.4, -0.2) is 37.9 Å². The summed E-state index contributed by atoms with van der Waals surface area (Å²) in [5.74, 6) is 0.820. The second-order valence-corrected chi connectivity index (χ2v) is 3.66. The second kappa shape index (κ2) is 6.10. The van der Waals surface area contributed by atoms with E-state index in [0.717, 1.165) is 0 Å². The Morgan fingerprint density at radius 2 is 1.82 bits per heavy atom. The number of carbonyl (C=O) groups excluding carboxylic acids is 1. The fourth-order valence-electron chi connectivity index (χ4n) is 1.29. The maximum Gasteiger partial charge on any atom is 0.251 e. The number of carbonyl (C=O) groups is 1. The van der Waals surface area contributed by atoms with E-state index in [2.05, 4.69) is 5.32 Å². The van der Waals surface area contributed by atoms with Gasteiger partial charge in [0.1, 0.15) is 11.5 Å². The van der Waals surface area contributed by atoms with Gasteiger partial charge in [-0.05, 0) is 19.1 Å². The largest absolute Gasteiger partial charge is 0.497 e. The van der Waals surface area contributed by atoms with Crippen molar-refractivity contribution < 1.29 is 19.4 Å². The first kappa shape index (κ1) is 13.3. The lowest BCUT2D eigenvalue weighted by molar-refractivity contribution is 0.0921. The fourth-order valence-corrected chi connectivity index (χ4v) is 1.29. The van der Waals surface area contributed by atoms with Crippen molar-refractivity contribution >= 4 is 5.91 Å². The third-order valence-electron chi connectivity index (χ3n) is 2.26. The van der Waals surface area contributed by atoms with Crippen molar-refractivity contribution in [3.8, 4) is 11.5 Å². The van der Waals surface area contributed by atoms with Crippen molar-refractivity contribution in [3.63, 3.8) is 0 Å². The van der Waals surface area contributed by atoms with Crippen molar-refractivity contribution in [2.45, 2.75) is 13.0 Å². The third-order valence-corrected chi connectivity index (χ3v) is 2.26. The molecule has 2 N–H and O–H groups in total. The third kappa shape index (κ3) is 3.64. The molecule has 0 saturated heterocycles. The van der Waals surface area contributed by atoms with E-state index in [9.17, 15) is 4.79 Å². The van der Waals surface area contributed by atoms with E-state index < -0.39 is 0 Å². The Hall–Kier alpha value is -1.75. The number of nitrogens with one attached hydrogen (secondary N) is 1. The molecular formula is C12H17NO4. The Kier molecular flexibility index (Phi) is 4.78. The standard InChI is InChI=1S/C12H17NO4/c1-8(7-14)13-12(15)9-4-10(16-2)6-11(5-9)17-3/h4-6,8,14H,7H2,1-3H3,(H,13,15)/t8-/m0/s1. The molecule has 0 aliphatic rings. The average molecular weight is 239 g/mol. The Balaban J connectivity index is 2.92. The van der Waals surface area contributed by atoms with Crippen LogP contribution >= 0.6 is 0 Å². The molecule has 5 nitrogen and oxygen atoms in total. The molecule has 17 heavy (non-hydrogen) atoms. The van der Waals surface area contributed by atoms with Crippen LogP contribution < -0.4 is 14.8 Å². The van der Waals surface area contributed by atoms with E-state index >= 15 is 0 Å². The molecule has 0 bridgehead atoms. The molecule has 0 aliphatic carbocycles. The molecule has 0 aliphatic heterocycles. The normalized spacial score (nSPS) is 11.8. The predicted molar refractivity (Wildman–Crippen MR) is 63.6 cm³/mol. The van der Waals surface area contributed by atoms with Crippen LogP contribution in [-0.2, 0) is 0 Å². The summed E-state index contributed by atoms with van der Waals surface area (Å²) in [6.07, 6.45) is 0. The molecule has 1 amide bonds. The van der Waals surface area contributed by atoms with Gasteiger partial charge in [0.25, 0.3) is 5.91 Å². The Morgan fingerprint density at radius 3 is 2.24 bits per heavy atom. The zero-order chi connectivity index (χ0) is 12.8. The second-order valence-electron chi connectivity index (χ2n) is 3.66. The molecule has 0 spiro atoms. The summed E-state index contributed by atoms with van der Waals surface area (Å²) in [7, 11) is 3.04. The summed E-state index contributed by atoms with van der Waals surface area (Å²) in [5.41, 5.74) is 0.432. The van der Waals surface area contributed by atoms with Gasteiger partial charge in [-0.15, -0.1) is 0 Å². The predicted octanol–water partition coefficient (Wildman–Crippen LogP) is 0.814. The topological polar surface area (TPSA) is 67.8 Å². The number of amides is 1. The van der Waals surface area contributed by atoms with Crippen molar-refractivity contribution in [1.29, 1.82) is 0 Å². The number of hydrogen-bond acceptors (Lipinski definition) is 4. The lowest BCUT2D eigenvalue weighted by Gasteiger charge is -2.12. The number of ether oxygens (including phenoxy) is 2. The highest BCUT2D eigenvalue weighted by Crippen LogP contribution is 2.22. The molecule has 0 radical (unpaired) electrons. The molecular weight excluding hydrogens is 222 g/mol. The minimum absolute atomic E-state index is 0.104. The van der Waals surface area contributed by atoms with E-state index in [1.54, 1.807) is 25.1 Å². The van der Waals surface area contributed by atoms with E-state index in [0.29, 0.717) is 17.1 Å². The molecule has 1 aromatic carbocycles. The highest BCUT2D eigenvalue weighted by atomic mass is 16.5. The van der Waals surface area contributed by atoms with Gasteiger partial charge in [-0.3, -0.25) is 4.79 Å². The van der Waals surface area contributed by atoms with Gasteiger partial charge in [0.15, 0.2) is 0 Å². The van der Waals surface area contributed by atoms with Crippen molar-refractivity contribution in [1.82, 2.24) is 5.32 Å². The van der Waals surface area contributed by atoms with Crippen LogP contribution in [0.15, 0.2) is 18.2 Å². The van der Waals surface area contributed by atoms with Crippen LogP contribution in [0, 0.1) is 0 Å². The molecule has 0 aromatic heterocycles. The first-order chi connectivity index (χ1) is 8.10. The minimum Gasteiger partial charge on any atom is -0.497 e. The van der Waals surface area contributed by atoms with Gasteiger partial charge in [-0.2, -0.15) is 0 Å². The van der Waals surface area contributed by atoms with Gasteiger partial charge in [-0.25, -0.2) is 0 Å². The van der Waals surface area contributed by atoms with Gasteiger partial charge in [0, 0.05) is 17.7 Å². The molecule has 0 unspecified atom stereocenters. The number of benzene rings is 1. The highest BCUT2D eigenvalue weighted by Gasteiger charge is 2.11. The maximum atomic E-state index is 11.8. The summed E-state index contributed by atoms with van der Waals surface area (Å²) in [4.78, 5) is 11.8. The monoisotopic (exact) mass is 239 g/mol. The van der Waals surface area contributed by atoms with E-state index in [1.807, 2.05) is 0 Å². The smallest absolute Gasteiger partial charge is 0.251 e. The quantitative estimate of drug-likeness (QED) is 0.798. The zero-order valence-corrected chi connectivity index (χ0v) is 10.2. The Labute approximate surface area is 100 Å². The lowest BCUT2D eigenvalue weighted by atomic mass is 10.1. The summed E-state index contributed by atoms with van der Waals surface area (Å²) < 4.78 is 10.1. The van der Waals surface area contributed by atoms with Crippen LogP contribution in [0.4, 0.5) is 0 Å². The lowest BCUT2D eigenvalue weighted by Crippen LogP contribution is -2.34.